The van der Waals surface area contributed by atoms with Crippen molar-refractivity contribution >= 4 is 5.97 Å². The zero-order chi connectivity index (χ0) is 12.3. The highest BCUT2D eigenvalue weighted by Gasteiger charge is 2.51. The smallest absolute Gasteiger partial charge is 0.313 e. The van der Waals surface area contributed by atoms with E-state index in [-0.39, 0.29) is 0 Å². The SMILES string of the molecule is CCC1(C(=O)OC)CN(C)CCC1C(F)F. The summed E-state index contributed by atoms with van der Waals surface area (Å²) in [6, 6.07) is 0. The lowest BCUT2D eigenvalue weighted by Gasteiger charge is -2.44. The Hall–Kier alpha value is -0.710. The van der Waals surface area contributed by atoms with Crippen LogP contribution < -0.4 is 0 Å². The molecule has 0 spiro atoms. The number of hydrogen-bond donors (Lipinski definition) is 0. The van der Waals surface area contributed by atoms with Crippen LogP contribution in [0.15, 0.2) is 0 Å². The van der Waals surface area contributed by atoms with Crippen molar-refractivity contribution in [2.24, 2.45) is 11.3 Å². The van der Waals surface area contributed by atoms with E-state index >= 15 is 0 Å². The van der Waals surface area contributed by atoms with Gasteiger partial charge in [-0.1, -0.05) is 6.92 Å². The lowest BCUT2D eigenvalue weighted by atomic mass is 9.69. The number of halogens is 2. The standard InChI is InChI=1S/C11H19F2NO2/c1-4-11(10(15)16-3)7-14(2)6-5-8(11)9(12)13/h8-9H,4-7H2,1-3H3. The average molecular weight is 235 g/mol. The number of rotatable bonds is 3. The normalized spacial score (nSPS) is 31.8. The fourth-order valence-electron chi connectivity index (χ4n) is 2.62. The van der Waals surface area contributed by atoms with Crippen LogP contribution in [0.5, 0.6) is 0 Å². The summed E-state index contributed by atoms with van der Waals surface area (Å²) in [5.41, 5.74) is -1.05. The zero-order valence-electron chi connectivity index (χ0n) is 10.0. The van der Waals surface area contributed by atoms with Crippen molar-refractivity contribution in [1.29, 1.82) is 0 Å². The molecule has 2 unspecified atom stereocenters. The van der Waals surface area contributed by atoms with E-state index in [0.29, 0.717) is 25.9 Å². The molecule has 3 nitrogen and oxygen atoms in total. The summed E-state index contributed by atoms with van der Waals surface area (Å²) >= 11 is 0. The van der Waals surface area contributed by atoms with Crippen LogP contribution in [0.25, 0.3) is 0 Å². The van der Waals surface area contributed by atoms with Gasteiger partial charge in [-0.05, 0) is 26.4 Å². The van der Waals surface area contributed by atoms with Gasteiger partial charge in [0.2, 0.25) is 6.43 Å². The van der Waals surface area contributed by atoms with Gasteiger partial charge in [0.25, 0.3) is 0 Å². The van der Waals surface area contributed by atoms with Gasteiger partial charge >= 0.3 is 5.97 Å². The van der Waals surface area contributed by atoms with Crippen LogP contribution >= 0.6 is 0 Å². The van der Waals surface area contributed by atoms with Crippen LogP contribution in [0.3, 0.4) is 0 Å². The minimum atomic E-state index is -2.47. The maximum absolute atomic E-state index is 13.0. The number of carbonyl (C=O) groups is 1. The van der Waals surface area contributed by atoms with Gasteiger partial charge in [0.05, 0.1) is 12.5 Å². The summed E-state index contributed by atoms with van der Waals surface area (Å²) < 4.78 is 30.7. The van der Waals surface area contributed by atoms with Crippen molar-refractivity contribution in [2.45, 2.75) is 26.2 Å². The molecule has 0 aromatic rings. The van der Waals surface area contributed by atoms with Gasteiger partial charge < -0.3 is 9.64 Å². The number of esters is 1. The Bertz CT molecular complexity index is 260. The molecular formula is C11H19F2NO2. The van der Waals surface area contributed by atoms with E-state index in [9.17, 15) is 13.6 Å². The Morgan fingerprint density at radius 2 is 2.25 bits per heavy atom. The van der Waals surface area contributed by atoms with Gasteiger partial charge in [-0.25, -0.2) is 8.78 Å². The van der Waals surface area contributed by atoms with Crippen molar-refractivity contribution in [3.05, 3.63) is 0 Å². The maximum atomic E-state index is 13.0. The molecule has 1 heterocycles. The van der Waals surface area contributed by atoms with Crippen molar-refractivity contribution in [3.63, 3.8) is 0 Å². The Morgan fingerprint density at radius 1 is 1.62 bits per heavy atom. The molecule has 0 aliphatic carbocycles. The molecule has 1 aliphatic heterocycles. The van der Waals surface area contributed by atoms with Crippen LogP contribution in [0, 0.1) is 11.3 Å². The Labute approximate surface area is 94.7 Å². The molecule has 94 valence electrons. The van der Waals surface area contributed by atoms with Crippen LogP contribution in [-0.4, -0.2) is 44.5 Å². The van der Waals surface area contributed by atoms with Gasteiger partial charge in [-0.15, -0.1) is 0 Å². The Morgan fingerprint density at radius 3 is 2.69 bits per heavy atom. The van der Waals surface area contributed by atoms with Gasteiger partial charge in [0.15, 0.2) is 0 Å². The minimum absolute atomic E-state index is 0.344. The predicted octanol–water partition coefficient (Wildman–Crippen LogP) is 1.77. The van der Waals surface area contributed by atoms with E-state index in [2.05, 4.69) is 0 Å². The van der Waals surface area contributed by atoms with E-state index in [4.69, 9.17) is 4.74 Å². The second-order valence-corrected chi connectivity index (χ2v) is 4.47. The average Bonchev–Trinajstić information content (AvgIpc) is 2.26. The summed E-state index contributed by atoms with van der Waals surface area (Å²) in [4.78, 5) is 13.7. The zero-order valence-corrected chi connectivity index (χ0v) is 10.0. The molecule has 0 amide bonds. The fraction of sp³-hybridized carbons (Fsp3) is 0.909. The van der Waals surface area contributed by atoms with Crippen LogP contribution in [0.4, 0.5) is 8.78 Å². The van der Waals surface area contributed by atoms with Crippen LogP contribution in [0.2, 0.25) is 0 Å². The fourth-order valence-corrected chi connectivity index (χ4v) is 2.62. The highest BCUT2D eigenvalue weighted by atomic mass is 19.3. The third kappa shape index (κ3) is 2.19. The molecule has 5 heteroatoms. The maximum Gasteiger partial charge on any atom is 0.313 e. The number of hydrogen-bond acceptors (Lipinski definition) is 3. The quantitative estimate of drug-likeness (QED) is 0.698. The number of likely N-dealkylation sites (tertiary alicyclic amines) is 1. The number of ether oxygens (including phenoxy) is 1. The van der Waals surface area contributed by atoms with Gasteiger partial charge in [0, 0.05) is 12.5 Å². The molecule has 0 aromatic carbocycles. The van der Waals surface area contributed by atoms with Crippen molar-refractivity contribution in [1.82, 2.24) is 4.90 Å². The third-order valence-electron chi connectivity index (χ3n) is 3.61. The predicted molar refractivity (Wildman–Crippen MR) is 56.3 cm³/mol. The van der Waals surface area contributed by atoms with Crippen LogP contribution in [-0.2, 0) is 9.53 Å². The number of nitrogens with zero attached hydrogens (tertiary/aromatic N) is 1. The largest absolute Gasteiger partial charge is 0.469 e. The number of piperidine rings is 1. The first-order valence-corrected chi connectivity index (χ1v) is 5.53. The number of alkyl halides is 2. The molecule has 0 aromatic heterocycles. The number of carbonyl (C=O) groups excluding carboxylic acids is 1. The highest BCUT2D eigenvalue weighted by Crippen LogP contribution is 2.42. The first-order valence-electron chi connectivity index (χ1n) is 5.53. The van der Waals surface area contributed by atoms with E-state index < -0.39 is 23.7 Å². The van der Waals surface area contributed by atoms with E-state index in [0.717, 1.165) is 0 Å². The molecular weight excluding hydrogens is 216 g/mol. The summed E-state index contributed by atoms with van der Waals surface area (Å²) in [6.07, 6.45) is -1.73. The Balaban J connectivity index is 3.02. The summed E-state index contributed by atoms with van der Waals surface area (Å²) in [6.45, 7) is 2.73. The molecule has 1 aliphatic rings. The second-order valence-electron chi connectivity index (χ2n) is 4.47. The molecule has 0 radical (unpaired) electrons. The third-order valence-corrected chi connectivity index (χ3v) is 3.61. The minimum Gasteiger partial charge on any atom is -0.469 e. The van der Waals surface area contributed by atoms with Crippen molar-refractivity contribution in [3.8, 4) is 0 Å². The van der Waals surface area contributed by atoms with Gasteiger partial charge in [-0.3, -0.25) is 4.79 Å². The van der Waals surface area contributed by atoms with Crippen molar-refractivity contribution in [2.75, 3.05) is 27.2 Å². The lowest BCUT2D eigenvalue weighted by molar-refractivity contribution is -0.168. The number of methoxy groups -OCH3 is 1. The molecule has 1 fully saturated rings. The molecule has 0 N–H and O–H groups in total. The summed E-state index contributed by atoms with van der Waals surface area (Å²) in [5, 5.41) is 0. The molecule has 0 bridgehead atoms. The summed E-state index contributed by atoms with van der Waals surface area (Å²) in [7, 11) is 3.10. The molecule has 1 saturated heterocycles. The van der Waals surface area contributed by atoms with E-state index in [1.807, 2.05) is 11.9 Å². The topological polar surface area (TPSA) is 29.5 Å². The van der Waals surface area contributed by atoms with Crippen LogP contribution in [0.1, 0.15) is 19.8 Å². The first kappa shape index (κ1) is 13.4. The molecule has 0 saturated carbocycles. The lowest BCUT2D eigenvalue weighted by Crippen LogP contribution is -2.54. The monoisotopic (exact) mass is 235 g/mol. The second kappa shape index (κ2) is 5.08. The van der Waals surface area contributed by atoms with Gasteiger partial charge in [-0.2, -0.15) is 0 Å². The van der Waals surface area contributed by atoms with E-state index in [1.165, 1.54) is 7.11 Å². The molecule has 1 rings (SSSR count). The van der Waals surface area contributed by atoms with Crippen molar-refractivity contribution < 1.29 is 18.3 Å². The molecule has 2 atom stereocenters. The summed E-state index contributed by atoms with van der Waals surface area (Å²) in [5.74, 6) is -1.40. The van der Waals surface area contributed by atoms with E-state index in [1.54, 1.807) is 6.92 Å². The van der Waals surface area contributed by atoms with Gasteiger partial charge in [0.1, 0.15) is 0 Å². The highest BCUT2D eigenvalue weighted by molar-refractivity contribution is 5.77. The Kier molecular flexibility index (Phi) is 4.24. The molecule has 16 heavy (non-hydrogen) atoms. The first-order chi connectivity index (χ1) is 7.47.